The summed E-state index contributed by atoms with van der Waals surface area (Å²) in [6, 6.07) is 5.78. The minimum absolute atomic E-state index is 0.109. The number of nitrogens with one attached hydrogen (secondary N) is 2. The molecule has 7 nitrogen and oxygen atoms in total. The Kier molecular flexibility index (Phi) is 9.21. The highest BCUT2D eigenvalue weighted by atomic mass is 16.5. The topological polar surface area (TPSA) is 78.4 Å². The second-order valence-electron chi connectivity index (χ2n) is 6.73. The molecular weight excluding hydrogens is 344 g/mol. The maximum absolute atomic E-state index is 9.57. The number of nitrogens with zero attached hydrogens (tertiary/aromatic N) is 2. The fourth-order valence-electron chi connectivity index (χ4n) is 3.14. The van der Waals surface area contributed by atoms with Gasteiger partial charge in [-0.3, -0.25) is 0 Å². The molecule has 7 heteroatoms. The van der Waals surface area contributed by atoms with Gasteiger partial charge in [-0.15, -0.1) is 0 Å². The van der Waals surface area contributed by atoms with Crippen LogP contribution in [0.3, 0.4) is 0 Å². The van der Waals surface area contributed by atoms with Gasteiger partial charge < -0.3 is 30.1 Å². The maximum atomic E-state index is 9.57. The van der Waals surface area contributed by atoms with E-state index in [1.807, 2.05) is 18.2 Å². The molecule has 0 radical (unpaired) electrons. The van der Waals surface area contributed by atoms with E-state index in [9.17, 15) is 5.11 Å². The zero-order valence-corrected chi connectivity index (χ0v) is 16.8. The minimum atomic E-state index is -0.109. The molecule has 2 rings (SSSR count). The van der Waals surface area contributed by atoms with Crippen LogP contribution in [0.5, 0.6) is 11.5 Å². The third kappa shape index (κ3) is 7.27. The summed E-state index contributed by atoms with van der Waals surface area (Å²) in [6.45, 7) is 7.31. The minimum Gasteiger partial charge on any atom is -0.497 e. The van der Waals surface area contributed by atoms with Crippen LogP contribution < -0.4 is 20.1 Å². The quantitative estimate of drug-likeness (QED) is 0.344. The summed E-state index contributed by atoms with van der Waals surface area (Å²) in [6.07, 6.45) is 2.72. The van der Waals surface area contributed by atoms with Crippen molar-refractivity contribution in [1.82, 2.24) is 15.5 Å². The summed E-state index contributed by atoms with van der Waals surface area (Å²) in [4.78, 5) is 7.09. The molecule has 0 aliphatic carbocycles. The van der Waals surface area contributed by atoms with Gasteiger partial charge in [0, 0.05) is 37.8 Å². The van der Waals surface area contributed by atoms with E-state index in [1.165, 1.54) is 0 Å². The maximum Gasteiger partial charge on any atom is 0.191 e. The van der Waals surface area contributed by atoms with Crippen LogP contribution in [0.1, 0.15) is 31.7 Å². The average molecular weight is 379 g/mol. The van der Waals surface area contributed by atoms with Gasteiger partial charge in [0.2, 0.25) is 0 Å². The molecule has 0 unspecified atom stereocenters. The van der Waals surface area contributed by atoms with E-state index in [2.05, 4.69) is 27.4 Å². The normalized spacial score (nSPS) is 16.2. The molecule has 0 aromatic heterocycles. The Morgan fingerprint density at radius 3 is 2.67 bits per heavy atom. The van der Waals surface area contributed by atoms with Crippen LogP contribution in [-0.2, 0) is 6.54 Å². The van der Waals surface area contributed by atoms with Crippen LogP contribution >= 0.6 is 0 Å². The van der Waals surface area contributed by atoms with Crippen molar-refractivity contribution < 1.29 is 14.6 Å². The first kappa shape index (κ1) is 21.3. The third-order valence-electron chi connectivity index (χ3n) is 4.75. The first-order valence-electron chi connectivity index (χ1n) is 9.79. The number of aliphatic hydroxyl groups is 1. The molecule has 1 aliphatic heterocycles. The molecule has 1 saturated heterocycles. The lowest BCUT2D eigenvalue weighted by Crippen LogP contribution is -2.40. The number of ether oxygens (including phenoxy) is 2. The first-order valence-corrected chi connectivity index (χ1v) is 9.79. The number of hydrogen-bond donors (Lipinski definition) is 3. The van der Waals surface area contributed by atoms with Crippen molar-refractivity contribution in [2.45, 2.75) is 38.8 Å². The van der Waals surface area contributed by atoms with Crippen molar-refractivity contribution in [1.29, 1.82) is 0 Å². The molecule has 152 valence electrons. The summed E-state index contributed by atoms with van der Waals surface area (Å²) >= 11 is 0. The van der Waals surface area contributed by atoms with Gasteiger partial charge in [-0.05, 0) is 44.9 Å². The number of aliphatic hydroxyl groups excluding tert-OH is 1. The van der Waals surface area contributed by atoms with Gasteiger partial charge in [0.05, 0.1) is 26.9 Å². The fourth-order valence-corrected chi connectivity index (χ4v) is 3.14. The molecule has 0 saturated carbocycles. The van der Waals surface area contributed by atoms with E-state index >= 15 is 0 Å². The number of piperidine rings is 1. The van der Waals surface area contributed by atoms with E-state index in [4.69, 9.17) is 9.47 Å². The van der Waals surface area contributed by atoms with Gasteiger partial charge in [-0.2, -0.15) is 0 Å². The van der Waals surface area contributed by atoms with Crippen LogP contribution in [0, 0.1) is 0 Å². The Hall–Kier alpha value is -1.99. The van der Waals surface area contributed by atoms with Crippen LogP contribution in [-0.4, -0.2) is 69.0 Å². The van der Waals surface area contributed by atoms with Crippen molar-refractivity contribution in [3.05, 3.63) is 23.8 Å². The first-order chi connectivity index (χ1) is 13.2. The zero-order valence-electron chi connectivity index (χ0n) is 16.8. The Bertz CT molecular complexity index is 587. The van der Waals surface area contributed by atoms with Crippen LogP contribution in [0.2, 0.25) is 0 Å². The number of hydrogen-bond acceptors (Lipinski definition) is 5. The van der Waals surface area contributed by atoms with Crippen molar-refractivity contribution in [2.24, 2.45) is 4.99 Å². The van der Waals surface area contributed by atoms with Crippen molar-refractivity contribution in [2.75, 3.05) is 46.9 Å². The monoisotopic (exact) mass is 378 g/mol. The molecule has 1 aromatic carbocycles. The number of methoxy groups -OCH3 is 2. The predicted molar refractivity (Wildman–Crippen MR) is 109 cm³/mol. The molecule has 0 amide bonds. The standard InChI is InChI=1S/C20H34N4O3/c1-4-21-20(22-10-5-11-24-12-8-17(25)9-13-24)23-15-16-6-7-18(26-2)14-19(16)27-3/h6-7,14,17,25H,4-5,8-13,15H2,1-3H3,(H2,21,22,23). The zero-order chi connectivity index (χ0) is 19.5. The average Bonchev–Trinajstić information content (AvgIpc) is 2.70. The summed E-state index contributed by atoms with van der Waals surface area (Å²) in [5, 5.41) is 16.3. The van der Waals surface area contributed by atoms with Crippen molar-refractivity contribution >= 4 is 5.96 Å². The van der Waals surface area contributed by atoms with Crippen LogP contribution in [0.4, 0.5) is 0 Å². The van der Waals surface area contributed by atoms with E-state index < -0.39 is 0 Å². The molecule has 3 N–H and O–H groups in total. The van der Waals surface area contributed by atoms with Gasteiger partial charge in [0.1, 0.15) is 11.5 Å². The van der Waals surface area contributed by atoms with Gasteiger partial charge in [0.15, 0.2) is 5.96 Å². The number of likely N-dealkylation sites (tertiary alicyclic amines) is 1. The highest BCUT2D eigenvalue weighted by Gasteiger charge is 2.16. The molecular formula is C20H34N4O3. The molecule has 1 aliphatic rings. The number of rotatable bonds is 9. The molecule has 1 aromatic rings. The van der Waals surface area contributed by atoms with Crippen LogP contribution in [0.25, 0.3) is 0 Å². The Morgan fingerprint density at radius 2 is 2.00 bits per heavy atom. The second kappa shape index (κ2) is 11.7. The molecule has 0 atom stereocenters. The SMILES string of the molecule is CCNC(=NCc1ccc(OC)cc1OC)NCCCN1CCC(O)CC1. The highest BCUT2D eigenvalue weighted by molar-refractivity contribution is 5.79. The lowest BCUT2D eigenvalue weighted by atomic mass is 10.1. The van der Waals surface area contributed by atoms with Gasteiger partial charge in [-0.1, -0.05) is 0 Å². The van der Waals surface area contributed by atoms with E-state index in [-0.39, 0.29) is 6.10 Å². The number of guanidine groups is 1. The Labute approximate surface area is 162 Å². The summed E-state index contributed by atoms with van der Waals surface area (Å²) < 4.78 is 10.7. The number of aliphatic imine (C=N–C) groups is 1. The number of benzene rings is 1. The molecule has 0 bridgehead atoms. The summed E-state index contributed by atoms with van der Waals surface area (Å²) in [5.41, 5.74) is 1.02. The van der Waals surface area contributed by atoms with Crippen molar-refractivity contribution in [3.8, 4) is 11.5 Å². The van der Waals surface area contributed by atoms with E-state index in [0.29, 0.717) is 6.54 Å². The second-order valence-corrected chi connectivity index (χ2v) is 6.73. The lowest BCUT2D eigenvalue weighted by Gasteiger charge is -2.29. The summed E-state index contributed by atoms with van der Waals surface area (Å²) in [5.74, 6) is 2.36. The third-order valence-corrected chi connectivity index (χ3v) is 4.75. The van der Waals surface area contributed by atoms with Gasteiger partial charge >= 0.3 is 0 Å². The molecule has 1 heterocycles. The smallest absolute Gasteiger partial charge is 0.191 e. The van der Waals surface area contributed by atoms with Crippen LogP contribution in [0.15, 0.2) is 23.2 Å². The summed E-state index contributed by atoms with van der Waals surface area (Å²) in [7, 11) is 3.30. The van der Waals surface area contributed by atoms with Crippen molar-refractivity contribution in [3.63, 3.8) is 0 Å². The Balaban J connectivity index is 1.81. The Morgan fingerprint density at radius 1 is 1.22 bits per heavy atom. The molecule has 1 fully saturated rings. The fraction of sp³-hybridized carbons (Fsp3) is 0.650. The molecule has 27 heavy (non-hydrogen) atoms. The van der Waals surface area contributed by atoms with Gasteiger partial charge in [-0.25, -0.2) is 4.99 Å². The van der Waals surface area contributed by atoms with Gasteiger partial charge in [0.25, 0.3) is 0 Å². The highest BCUT2D eigenvalue weighted by Crippen LogP contribution is 2.25. The van der Waals surface area contributed by atoms with E-state index in [0.717, 1.165) is 75.0 Å². The predicted octanol–water partition coefficient (Wildman–Crippen LogP) is 1.61. The lowest BCUT2D eigenvalue weighted by molar-refractivity contribution is 0.0823. The largest absolute Gasteiger partial charge is 0.497 e. The van der Waals surface area contributed by atoms with E-state index in [1.54, 1.807) is 14.2 Å². The molecule has 0 spiro atoms.